The van der Waals surface area contributed by atoms with Gasteiger partial charge in [-0.05, 0) is 19.2 Å². The third-order valence-electron chi connectivity index (χ3n) is 3.31. The molecule has 0 spiro atoms. The third-order valence-corrected chi connectivity index (χ3v) is 3.31. The van der Waals surface area contributed by atoms with Crippen molar-refractivity contribution >= 4 is 17.3 Å². The van der Waals surface area contributed by atoms with Crippen molar-refractivity contribution < 1.29 is 9.72 Å². The summed E-state index contributed by atoms with van der Waals surface area (Å²) in [6.07, 6.45) is 0. The third kappa shape index (κ3) is 2.82. The van der Waals surface area contributed by atoms with E-state index in [1.165, 1.54) is 12.1 Å². The number of hydrogen-bond donors (Lipinski definition) is 1. The number of nitro groups is 1. The van der Waals surface area contributed by atoms with Crippen molar-refractivity contribution in [3.8, 4) is 0 Å². The van der Waals surface area contributed by atoms with Gasteiger partial charge in [-0.3, -0.25) is 14.9 Å². The molecule has 1 heterocycles. The second kappa shape index (κ2) is 5.23. The molecule has 1 aliphatic rings. The standard InChI is InChI=1S/C12H16N4O3/c1-14-4-6-15(7-5-14)9-2-3-11(16(18)19)10(8-9)12(13)17/h2-3,8H,4-7H2,1H3,(H2,13,17). The number of amides is 1. The first-order valence-electron chi connectivity index (χ1n) is 6.01. The largest absolute Gasteiger partial charge is 0.369 e. The highest BCUT2D eigenvalue weighted by Gasteiger charge is 2.21. The highest BCUT2D eigenvalue weighted by Crippen LogP contribution is 2.25. The minimum absolute atomic E-state index is 0.0403. The van der Waals surface area contributed by atoms with Gasteiger partial charge >= 0.3 is 0 Å². The number of anilines is 1. The quantitative estimate of drug-likeness (QED) is 0.632. The summed E-state index contributed by atoms with van der Waals surface area (Å²) < 4.78 is 0. The Morgan fingerprint density at radius 1 is 1.32 bits per heavy atom. The van der Waals surface area contributed by atoms with E-state index >= 15 is 0 Å². The van der Waals surface area contributed by atoms with Crippen LogP contribution < -0.4 is 10.6 Å². The molecular weight excluding hydrogens is 248 g/mol. The van der Waals surface area contributed by atoms with Crippen LogP contribution in [0, 0.1) is 10.1 Å². The lowest BCUT2D eigenvalue weighted by atomic mass is 10.1. The van der Waals surface area contributed by atoms with Crippen molar-refractivity contribution in [3.63, 3.8) is 0 Å². The number of primary amides is 1. The summed E-state index contributed by atoms with van der Waals surface area (Å²) in [6.45, 7) is 3.49. The Hall–Kier alpha value is -2.15. The van der Waals surface area contributed by atoms with Gasteiger partial charge in [0.05, 0.1) is 4.92 Å². The summed E-state index contributed by atoms with van der Waals surface area (Å²) in [6, 6.07) is 4.51. The smallest absolute Gasteiger partial charge is 0.282 e. The molecule has 2 N–H and O–H groups in total. The number of carbonyl (C=O) groups is 1. The molecule has 0 unspecified atom stereocenters. The lowest BCUT2D eigenvalue weighted by Gasteiger charge is -2.34. The van der Waals surface area contributed by atoms with Gasteiger partial charge in [0.2, 0.25) is 0 Å². The average molecular weight is 264 g/mol. The van der Waals surface area contributed by atoms with Crippen LogP contribution in [0.15, 0.2) is 18.2 Å². The number of nitro benzene ring substituents is 1. The Kier molecular flexibility index (Phi) is 3.66. The summed E-state index contributed by atoms with van der Waals surface area (Å²) >= 11 is 0. The minimum atomic E-state index is -0.775. The number of likely N-dealkylation sites (N-methyl/N-ethyl adjacent to an activating group) is 1. The van der Waals surface area contributed by atoms with Crippen LogP contribution in [-0.2, 0) is 0 Å². The van der Waals surface area contributed by atoms with Crippen LogP contribution in [0.4, 0.5) is 11.4 Å². The van der Waals surface area contributed by atoms with Crippen LogP contribution >= 0.6 is 0 Å². The van der Waals surface area contributed by atoms with E-state index in [0.717, 1.165) is 31.9 Å². The Balaban J connectivity index is 2.30. The molecule has 0 saturated carbocycles. The monoisotopic (exact) mass is 264 g/mol. The zero-order valence-corrected chi connectivity index (χ0v) is 10.7. The van der Waals surface area contributed by atoms with Crippen LogP contribution in [0.5, 0.6) is 0 Å². The summed E-state index contributed by atoms with van der Waals surface area (Å²) in [7, 11) is 2.04. The molecule has 1 aliphatic heterocycles. The first kappa shape index (κ1) is 13.3. The number of piperazine rings is 1. The van der Waals surface area contributed by atoms with Gasteiger partial charge in [-0.1, -0.05) is 0 Å². The molecule has 0 atom stereocenters. The molecule has 0 bridgehead atoms. The number of rotatable bonds is 3. The van der Waals surface area contributed by atoms with Crippen LogP contribution in [0.25, 0.3) is 0 Å². The van der Waals surface area contributed by atoms with Crippen molar-refractivity contribution in [1.29, 1.82) is 0 Å². The molecule has 0 aliphatic carbocycles. The van der Waals surface area contributed by atoms with Gasteiger partial charge in [-0.25, -0.2) is 0 Å². The molecular formula is C12H16N4O3. The maximum Gasteiger partial charge on any atom is 0.282 e. The van der Waals surface area contributed by atoms with E-state index in [0.29, 0.717) is 0 Å². The second-order valence-electron chi connectivity index (χ2n) is 4.61. The lowest BCUT2D eigenvalue weighted by molar-refractivity contribution is -0.385. The van der Waals surface area contributed by atoms with Crippen molar-refractivity contribution in [2.75, 3.05) is 38.1 Å². The van der Waals surface area contributed by atoms with Gasteiger partial charge in [0.15, 0.2) is 0 Å². The number of carbonyl (C=O) groups excluding carboxylic acids is 1. The Morgan fingerprint density at radius 3 is 2.47 bits per heavy atom. The summed E-state index contributed by atoms with van der Waals surface area (Å²) in [5.74, 6) is -0.775. The predicted molar refractivity (Wildman–Crippen MR) is 71.3 cm³/mol. The molecule has 19 heavy (non-hydrogen) atoms. The van der Waals surface area contributed by atoms with Crippen LogP contribution in [-0.4, -0.2) is 49.0 Å². The van der Waals surface area contributed by atoms with E-state index in [1.54, 1.807) is 6.07 Å². The molecule has 1 aromatic rings. The van der Waals surface area contributed by atoms with Crippen LogP contribution in [0.2, 0.25) is 0 Å². The number of hydrogen-bond acceptors (Lipinski definition) is 5. The summed E-state index contributed by atoms with van der Waals surface area (Å²) in [5, 5.41) is 10.8. The molecule has 2 rings (SSSR count). The molecule has 7 heteroatoms. The Morgan fingerprint density at radius 2 is 1.95 bits per heavy atom. The van der Waals surface area contributed by atoms with E-state index in [4.69, 9.17) is 5.73 Å². The fourth-order valence-electron chi connectivity index (χ4n) is 2.14. The fourth-order valence-corrected chi connectivity index (χ4v) is 2.14. The van der Waals surface area contributed by atoms with Crippen molar-refractivity contribution in [1.82, 2.24) is 4.90 Å². The molecule has 1 saturated heterocycles. The van der Waals surface area contributed by atoms with E-state index in [2.05, 4.69) is 9.80 Å². The normalized spacial score (nSPS) is 16.4. The summed E-state index contributed by atoms with van der Waals surface area (Å²) in [5.41, 5.74) is 5.72. The lowest BCUT2D eigenvalue weighted by Crippen LogP contribution is -2.44. The Bertz CT molecular complexity index is 510. The molecule has 7 nitrogen and oxygen atoms in total. The number of benzene rings is 1. The Labute approximate surface area is 110 Å². The average Bonchev–Trinajstić information content (AvgIpc) is 2.38. The van der Waals surface area contributed by atoms with Gasteiger partial charge in [0.1, 0.15) is 5.56 Å². The predicted octanol–water partition coefficient (Wildman–Crippen LogP) is 0.445. The molecule has 1 aromatic carbocycles. The highest BCUT2D eigenvalue weighted by molar-refractivity contribution is 5.98. The molecule has 0 radical (unpaired) electrons. The maximum atomic E-state index is 11.3. The first-order chi connectivity index (χ1) is 8.99. The zero-order valence-electron chi connectivity index (χ0n) is 10.7. The fraction of sp³-hybridized carbons (Fsp3) is 0.417. The SMILES string of the molecule is CN1CCN(c2ccc([N+](=O)[O-])c(C(N)=O)c2)CC1. The van der Waals surface area contributed by atoms with Crippen molar-refractivity contribution in [2.45, 2.75) is 0 Å². The highest BCUT2D eigenvalue weighted by atomic mass is 16.6. The molecule has 1 fully saturated rings. The van der Waals surface area contributed by atoms with Gasteiger partial charge in [-0.15, -0.1) is 0 Å². The van der Waals surface area contributed by atoms with Gasteiger partial charge in [0.25, 0.3) is 11.6 Å². The summed E-state index contributed by atoms with van der Waals surface area (Å²) in [4.78, 5) is 25.8. The van der Waals surface area contributed by atoms with E-state index in [9.17, 15) is 14.9 Å². The second-order valence-corrected chi connectivity index (χ2v) is 4.61. The first-order valence-corrected chi connectivity index (χ1v) is 6.01. The zero-order chi connectivity index (χ0) is 14.0. The minimum Gasteiger partial charge on any atom is -0.369 e. The van der Waals surface area contributed by atoms with Gasteiger partial charge in [0, 0.05) is 37.9 Å². The van der Waals surface area contributed by atoms with Crippen LogP contribution in [0.3, 0.4) is 0 Å². The maximum absolute atomic E-state index is 11.3. The van der Waals surface area contributed by atoms with Crippen LogP contribution in [0.1, 0.15) is 10.4 Å². The topological polar surface area (TPSA) is 92.7 Å². The molecule has 102 valence electrons. The number of nitrogens with two attached hydrogens (primary N) is 1. The number of nitrogens with zero attached hydrogens (tertiary/aromatic N) is 3. The van der Waals surface area contributed by atoms with Crippen molar-refractivity contribution in [3.05, 3.63) is 33.9 Å². The van der Waals surface area contributed by atoms with E-state index < -0.39 is 10.8 Å². The van der Waals surface area contributed by atoms with E-state index in [1.807, 2.05) is 7.05 Å². The van der Waals surface area contributed by atoms with Gasteiger partial charge < -0.3 is 15.5 Å². The molecule has 1 amide bonds. The van der Waals surface area contributed by atoms with Crippen molar-refractivity contribution in [2.24, 2.45) is 5.73 Å². The van der Waals surface area contributed by atoms with Gasteiger partial charge in [-0.2, -0.15) is 0 Å². The van der Waals surface area contributed by atoms with E-state index in [-0.39, 0.29) is 11.3 Å². The molecule has 0 aromatic heterocycles.